The topological polar surface area (TPSA) is 41.0 Å². The summed E-state index contributed by atoms with van der Waals surface area (Å²) in [4.78, 5) is 12.2. The summed E-state index contributed by atoms with van der Waals surface area (Å²) in [5, 5.41) is 6.64. The standard InChI is InChI=1S/C17H18N4S/c1-2-5-15-13(4-1)6-10-21(15)9-3-8-18-16-14-7-11-22-17(14)20-12-19-16/h1-2,4-5,7,11-12H,3,6,8-10H2,(H,18,19,20). The predicted molar refractivity (Wildman–Crippen MR) is 92.9 cm³/mol. The smallest absolute Gasteiger partial charge is 0.138 e. The van der Waals surface area contributed by atoms with Crippen LogP contribution in [0, 0.1) is 0 Å². The Balaban J connectivity index is 1.34. The molecule has 1 N–H and O–H groups in total. The quantitative estimate of drug-likeness (QED) is 0.732. The number of anilines is 2. The Morgan fingerprint density at radius 2 is 2.14 bits per heavy atom. The zero-order chi connectivity index (χ0) is 14.8. The maximum atomic E-state index is 4.36. The average molecular weight is 310 g/mol. The largest absolute Gasteiger partial charge is 0.371 e. The van der Waals surface area contributed by atoms with Gasteiger partial charge in [0, 0.05) is 25.3 Å². The maximum absolute atomic E-state index is 4.36. The summed E-state index contributed by atoms with van der Waals surface area (Å²) in [7, 11) is 0. The average Bonchev–Trinajstić information content (AvgIpc) is 3.19. The van der Waals surface area contributed by atoms with Gasteiger partial charge in [-0.25, -0.2) is 9.97 Å². The second-order valence-electron chi connectivity index (χ2n) is 5.51. The summed E-state index contributed by atoms with van der Waals surface area (Å²) in [6.07, 6.45) is 3.91. The van der Waals surface area contributed by atoms with Crippen molar-refractivity contribution in [1.82, 2.24) is 9.97 Å². The van der Waals surface area contributed by atoms with Gasteiger partial charge in [0.05, 0.1) is 5.39 Å². The van der Waals surface area contributed by atoms with Gasteiger partial charge in [0.1, 0.15) is 17.0 Å². The van der Waals surface area contributed by atoms with Gasteiger partial charge in [-0.05, 0) is 35.9 Å². The van der Waals surface area contributed by atoms with Crippen molar-refractivity contribution in [3.05, 3.63) is 47.6 Å². The zero-order valence-electron chi connectivity index (χ0n) is 12.3. The lowest BCUT2D eigenvalue weighted by Gasteiger charge is -2.19. The molecule has 3 aromatic rings. The van der Waals surface area contributed by atoms with Gasteiger partial charge in [-0.3, -0.25) is 0 Å². The first kappa shape index (κ1) is 13.5. The van der Waals surface area contributed by atoms with Crippen molar-refractivity contribution in [1.29, 1.82) is 0 Å². The molecule has 22 heavy (non-hydrogen) atoms. The number of fused-ring (bicyclic) bond motifs is 2. The minimum atomic E-state index is 0.931. The third-order valence-corrected chi connectivity index (χ3v) is 4.96. The summed E-state index contributed by atoms with van der Waals surface area (Å²) in [6.45, 7) is 3.16. The number of hydrogen-bond acceptors (Lipinski definition) is 5. The maximum Gasteiger partial charge on any atom is 0.138 e. The lowest BCUT2D eigenvalue weighted by Crippen LogP contribution is -2.23. The molecule has 112 valence electrons. The molecular weight excluding hydrogens is 292 g/mol. The number of nitrogens with one attached hydrogen (secondary N) is 1. The van der Waals surface area contributed by atoms with Gasteiger partial charge < -0.3 is 10.2 Å². The summed E-state index contributed by atoms with van der Waals surface area (Å²) in [5.74, 6) is 0.952. The number of nitrogens with zero attached hydrogens (tertiary/aromatic N) is 3. The fraction of sp³-hybridized carbons (Fsp3) is 0.294. The fourth-order valence-corrected chi connectivity index (χ4v) is 3.78. The third kappa shape index (κ3) is 2.52. The summed E-state index contributed by atoms with van der Waals surface area (Å²) in [5.41, 5.74) is 2.89. The highest BCUT2D eigenvalue weighted by atomic mass is 32.1. The predicted octanol–water partition coefficient (Wildman–Crippen LogP) is 3.56. The number of hydrogen-bond donors (Lipinski definition) is 1. The van der Waals surface area contributed by atoms with Crippen LogP contribution in [0.15, 0.2) is 42.0 Å². The van der Waals surface area contributed by atoms with Crippen molar-refractivity contribution >= 4 is 33.1 Å². The molecule has 0 atom stereocenters. The van der Waals surface area contributed by atoms with Crippen molar-refractivity contribution in [2.45, 2.75) is 12.8 Å². The molecule has 1 aliphatic rings. The molecule has 0 bridgehead atoms. The van der Waals surface area contributed by atoms with Crippen molar-refractivity contribution in [3.8, 4) is 0 Å². The fourth-order valence-electron chi connectivity index (χ4n) is 3.05. The van der Waals surface area contributed by atoms with E-state index in [0.717, 1.165) is 42.1 Å². The molecule has 4 nitrogen and oxygen atoms in total. The van der Waals surface area contributed by atoms with Crippen molar-refractivity contribution in [3.63, 3.8) is 0 Å². The molecular formula is C17H18N4S. The van der Waals surface area contributed by atoms with Gasteiger partial charge in [0.25, 0.3) is 0 Å². The van der Waals surface area contributed by atoms with E-state index in [9.17, 15) is 0 Å². The first-order valence-electron chi connectivity index (χ1n) is 7.67. The molecule has 0 unspecified atom stereocenters. The van der Waals surface area contributed by atoms with Crippen LogP contribution in [0.4, 0.5) is 11.5 Å². The van der Waals surface area contributed by atoms with E-state index in [4.69, 9.17) is 0 Å². The van der Waals surface area contributed by atoms with Crippen LogP contribution in [0.25, 0.3) is 10.2 Å². The normalized spacial score (nSPS) is 13.5. The number of rotatable bonds is 5. The van der Waals surface area contributed by atoms with Crippen LogP contribution in [0.2, 0.25) is 0 Å². The second-order valence-corrected chi connectivity index (χ2v) is 6.40. The van der Waals surface area contributed by atoms with Crippen molar-refractivity contribution < 1.29 is 0 Å². The lowest BCUT2D eigenvalue weighted by atomic mass is 10.2. The number of aromatic nitrogens is 2. The van der Waals surface area contributed by atoms with Gasteiger partial charge in [-0.15, -0.1) is 11.3 Å². The van der Waals surface area contributed by atoms with Crippen LogP contribution < -0.4 is 10.2 Å². The Bertz CT molecular complexity index is 783. The minimum absolute atomic E-state index is 0.931. The Labute approximate surface area is 133 Å². The van der Waals surface area contributed by atoms with Gasteiger partial charge in [-0.1, -0.05) is 18.2 Å². The van der Waals surface area contributed by atoms with E-state index in [1.807, 2.05) is 0 Å². The Morgan fingerprint density at radius 3 is 3.14 bits per heavy atom. The molecule has 0 radical (unpaired) electrons. The molecule has 5 heteroatoms. The Morgan fingerprint density at radius 1 is 1.18 bits per heavy atom. The molecule has 2 aromatic heterocycles. The molecule has 0 aliphatic carbocycles. The number of thiophene rings is 1. The van der Waals surface area contributed by atoms with Gasteiger partial charge in [-0.2, -0.15) is 0 Å². The zero-order valence-corrected chi connectivity index (χ0v) is 13.1. The third-order valence-electron chi connectivity index (χ3n) is 4.14. The van der Waals surface area contributed by atoms with Crippen LogP contribution in [0.1, 0.15) is 12.0 Å². The highest BCUT2D eigenvalue weighted by molar-refractivity contribution is 7.16. The Kier molecular flexibility index (Phi) is 3.64. The number of benzene rings is 1. The van der Waals surface area contributed by atoms with Gasteiger partial charge >= 0.3 is 0 Å². The van der Waals surface area contributed by atoms with Crippen LogP contribution in [0.3, 0.4) is 0 Å². The van der Waals surface area contributed by atoms with Crippen LogP contribution in [-0.4, -0.2) is 29.6 Å². The van der Waals surface area contributed by atoms with E-state index < -0.39 is 0 Å². The molecule has 0 fully saturated rings. The molecule has 0 saturated heterocycles. The molecule has 4 rings (SSSR count). The van der Waals surface area contributed by atoms with E-state index in [1.54, 1.807) is 17.7 Å². The van der Waals surface area contributed by atoms with E-state index >= 15 is 0 Å². The Hall–Kier alpha value is -2.14. The number of para-hydroxylation sites is 1. The lowest BCUT2D eigenvalue weighted by molar-refractivity contribution is 0.772. The van der Waals surface area contributed by atoms with E-state index in [0.29, 0.717) is 0 Å². The first-order chi connectivity index (χ1) is 10.9. The highest BCUT2D eigenvalue weighted by Crippen LogP contribution is 2.27. The highest BCUT2D eigenvalue weighted by Gasteiger charge is 2.17. The van der Waals surface area contributed by atoms with Crippen LogP contribution >= 0.6 is 11.3 Å². The minimum Gasteiger partial charge on any atom is -0.371 e. The molecule has 1 aliphatic heterocycles. The van der Waals surface area contributed by atoms with Gasteiger partial charge in [0.15, 0.2) is 0 Å². The van der Waals surface area contributed by atoms with E-state index in [1.165, 1.54) is 17.7 Å². The van der Waals surface area contributed by atoms with E-state index in [2.05, 4.69) is 55.9 Å². The molecule has 0 saturated carbocycles. The van der Waals surface area contributed by atoms with Crippen LogP contribution in [0.5, 0.6) is 0 Å². The van der Waals surface area contributed by atoms with Gasteiger partial charge in [0.2, 0.25) is 0 Å². The molecule has 3 heterocycles. The molecule has 0 amide bonds. The van der Waals surface area contributed by atoms with Crippen LogP contribution in [-0.2, 0) is 6.42 Å². The molecule has 1 aromatic carbocycles. The second kappa shape index (κ2) is 5.93. The van der Waals surface area contributed by atoms with Crippen molar-refractivity contribution in [2.24, 2.45) is 0 Å². The van der Waals surface area contributed by atoms with Crippen molar-refractivity contribution in [2.75, 3.05) is 29.9 Å². The summed E-state index contributed by atoms with van der Waals surface area (Å²) in [6, 6.07) is 10.8. The summed E-state index contributed by atoms with van der Waals surface area (Å²) < 4.78 is 0. The SMILES string of the molecule is c1ccc2c(c1)CCN2CCCNc1ncnc2sccc12. The van der Waals surface area contributed by atoms with E-state index in [-0.39, 0.29) is 0 Å². The monoisotopic (exact) mass is 310 g/mol. The first-order valence-corrected chi connectivity index (χ1v) is 8.55. The summed E-state index contributed by atoms with van der Waals surface area (Å²) >= 11 is 1.65. The molecule has 0 spiro atoms.